The molecule has 0 aliphatic rings. The Kier molecular flexibility index (Phi) is 4.56. The summed E-state index contributed by atoms with van der Waals surface area (Å²) in [6.45, 7) is 0.238. The molecule has 0 radical (unpaired) electrons. The Labute approximate surface area is 81.7 Å². The number of hydrogen-bond acceptors (Lipinski definition) is 4. The third-order valence-corrected chi connectivity index (χ3v) is 1.66. The standard InChI is InChI=1S/C8H11ClN2O2/c1-12-10-6-13-11-8-5-3-2-4-7(8)9/h2-5,10-11H,6H2,1H3. The Morgan fingerprint density at radius 3 is 2.85 bits per heavy atom. The summed E-state index contributed by atoms with van der Waals surface area (Å²) < 4.78 is 0. The molecule has 0 unspecified atom stereocenters. The average molecular weight is 203 g/mol. The molecule has 0 aromatic heterocycles. The maximum atomic E-state index is 5.84. The van der Waals surface area contributed by atoms with Crippen LogP contribution in [0.2, 0.25) is 5.02 Å². The summed E-state index contributed by atoms with van der Waals surface area (Å²) in [5, 5.41) is 0.611. The summed E-state index contributed by atoms with van der Waals surface area (Å²) in [6.07, 6.45) is 0. The zero-order valence-corrected chi connectivity index (χ0v) is 7.97. The van der Waals surface area contributed by atoms with Gasteiger partial charge in [0.25, 0.3) is 0 Å². The van der Waals surface area contributed by atoms with Crippen LogP contribution < -0.4 is 11.0 Å². The van der Waals surface area contributed by atoms with E-state index in [0.29, 0.717) is 5.02 Å². The third kappa shape index (κ3) is 3.61. The predicted octanol–water partition coefficient (Wildman–Crippen LogP) is 1.79. The van der Waals surface area contributed by atoms with Crippen molar-refractivity contribution >= 4 is 17.3 Å². The first-order valence-corrected chi connectivity index (χ1v) is 4.10. The van der Waals surface area contributed by atoms with Gasteiger partial charge in [-0.15, -0.1) is 0 Å². The summed E-state index contributed by atoms with van der Waals surface area (Å²) in [7, 11) is 1.51. The van der Waals surface area contributed by atoms with Crippen molar-refractivity contribution in [1.82, 2.24) is 5.48 Å². The quantitative estimate of drug-likeness (QED) is 0.434. The predicted molar refractivity (Wildman–Crippen MR) is 51.2 cm³/mol. The molecular formula is C8H11ClN2O2. The Balaban J connectivity index is 2.32. The number of para-hydroxylation sites is 1. The molecule has 0 saturated heterocycles. The van der Waals surface area contributed by atoms with E-state index in [0.717, 1.165) is 5.69 Å². The van der Waals surface area contributed by atoms with Gasteiger partial charge in [0.05, 0.1) is 17.8 Å². The second-order valence-corrected chi connectivity index (χ2v) is 2.63. The lowest BCUT2D eigenvalue weighted by Crippen LogP contribution is -2.18. The average Bonchev–Trinajstić information content (AvgIpc) is 2.15. The molecule has 0 fully saturated rings. The van der Waals surface area contributed by atoms with Crippen molar-refractivity contribution in [3.63, 3.8) is 0 Å². The summed E-state index contributed by atoms with van der Waals surface area (Å²) in [4.78, 5) is 9.53. The Morgan fingerprint density at radius 1 is 1.38 bits per heavy atom. The van der Waals surface area contributed by atoms with Crippen LogP contribution in [0.25, 0.3) is 0 Å². The summed E-state index contributed by atoms with van der Waals surface area (Å²) in [5.74, 6) is 0. The van der Waals surface area contributed by atoms with Crippen LogP contribution in [0.5, 0.6) is 0 Å². The number of benzene rings is 1. The minimum absolute atomic E-state index is 0.238. The van der Waals surface area contributed by atoms with Gasteiger partial charge in [-0.25, -0.2) is 0 Å². The van der Waals surface area contributed by atoms with Crippen molar-refractivity contribution in [2.75, 3.05) is 19.3 Å². The van der Waals surface area contributed by atoms with Crippen molar-refractivity contribution in [1.29, 1.82) is 0 Å². The fourth-order valence-electron chi connectivity index (χ4n) is 0.746. The molecule has 1 aromatic carbocycles. The molecular weight excluding hydrogens is 192 g/mol. The molecule has 0 spiro atoms. The molecule has 0 amide bonds. The first-order valence-electron chi connectivity index (χ1n) is 3.73. The zero-order chi connectivity index (χ0) is 9.52. The van der Waals surface area contributed by atoms with Gasteiger partial charge in [-0.05, 0) is 12.1 Å². The Bertz CT molecular complexity index is 258. The molecule has 2 N–H and O–H groups in total. The number of halogens is 1. The van der Waals surface area contributed by atoms with Gasteiger partial charge in [0.15, 0.2) is 0 Å². The minimum atomic E-state index is 0.238. The van der Waals surface area contributed by atoms with Crippen LogP contribution in [0.1, 0.15) is 0 Å². The summed E-state index contributed by atoms with van der Waals surface area (Å²) >= 11 is 5.84. The van der Waals surface area contributed by atoms with Gasteiger partial charge in [-0.2, -0.15) is 5.48 Å². The Hall–Kier alpha value is -0.810. The molecule has 4 nitrogen and oxygen atoms in total. The molecule has 72 valence electrons. The maximum absolute atomic E-state index is 5.84. The molecule has 1 aromatic rings. The van der Waals surface area contributed by atoms with Gasteiger partial charge in [0.1, 0.15) is 6.73 Å². The van der Waals surface area contributed by atoms with E-state index in [1.54, 1.807) is 6.07 Å². The molecule has 0 bridgehead atoms. The normalized spacial score (nSPS) is 10.0. The van der Waals surface area contributed by atoms with E-state index in [1.807, 2.05) is 18.2 Å². The molecule has 1 rings (SSSR count). The highest BCUT2D eigenvalue weighted by Gasteiger charge is 1.96. The first kappa shape index (κ1) is 10.3. The smallest absolute Gasteiger partial charge is 0.147 e. The number of hydroxylamine groups is 1. The number of rotatable bonds is 5. The van der Waals surface area contributed by atoms with Crippen LogP contribution >= 0.6 is 11.6 Å². The second-order valence-electron chi connectivity index (χ2n) is 2.22. The number of hydrogen-bond donors (Lipinski definition) is 2. The summed E-state index contributed by atoms with van der Waals surface area (Å²) in [6, 6.07) is 7.30. The van der Waals surface area contributed by atoms with E-state index in [9.17, 15) is 0 Å². The lowest BCUT2D eigenvalue weighted by atomic mass is 10.3. The highest BCUT2D eigenvalue weighted by atomic mass is 35.5. The van der Waals surface area contributed by atoms with Crippen LogP contribution in [0.3, 0.4) is 0 Å². The van der Waals surface area contributed by atoms with Crippen molar-refractivity contribution in [2.45, 2.75) is 0 Å². The highest BCUT2D eigenvalue weighted by molar-refractivity contribution is 6.33. The van der Waals surface area contributed by atoms with Gasteiger partial charge in [0, 0.05) is 0 Å². The summed E-state index contributed by atoms with van der Waals surface area (Å²) in [5.41, 5.74) is 5.91. The SMILES string of the molecule is CONCONc1ccccc1Cl. The van der Waals surface area contributed by atoms with Crippen LogP contribution in [-0.4, -0.2) is 13.8 Å². The Morgan fingerprint density at radius 2 is 2.15 bits per heavy atom. The van der Waals surface area contributed by atoms with Crippen molar-refractivity contribution in [3.05, 3.63) is 29.3 Å². The maximum Gasteiger partial charge on any atom is 0.147 e. The van der Waals surface area contributed by atoms with Crippen LogP contribution in [0.15, 0.2) is 24.3 Å². The van der Waals surface area contributed by atoms with Crippen molar-refractivity contribution in [3.8, 4) is 0 Å². The van der Waals surface area contributed by atoms with Gasteiger partial charge in [0.2, 0.25) is 0 Å². The van der Waals surface area contributed by atoms with Crippen molar-refractivity contribution in [2.24, 2.45) is 0 Å². The van der Waals surface area contributed by atoms with E-state index >= 15 is 0 Å². The van der Waals surface area contributed by atoms with Crippen LogP contribution in [0, 0.1) is 0 Å². The van der Waals surface area contributed by atoms with Gasteiger partial charge in [-0.1, -0.05) is 23.7 Å². The molecule has 13 heavy (non-hydrogen) atoms. The van der Waals surface area contributed by atoms with E-state index in [-0.39, 0.29) is 6.73 Å². The topological polar surface area (TPSA) is 42.5 Å². The van der Waals surface area contributed by atoms with Gasteiger partial charge < -0.3 is 4.84 Å². The number of anilines is 1. The number of nitrogens with one attached hydrogen (secondary N) is 2. The lowest BCUT2D eigenvalue weighted by molar-refractivity contribution is 0.0111. The van der Waals surface area contributed by atoms with Crippen LogP contribution in [0.4, 0.5) is 5.69 Å². The van der Waals surface area contributed by atoms with E-state index in [1.165, 1.54) is 7.11 Å². The molecule has 0 atom stereocenters. The highest BCUT2D eigenvalue weighted by Crippen LogP contribution is 2.19. The monoisotopic (exact) mass is 202 g/mol. The second kappa shape index (κ2) is 5.77. The molecule has 0 aliphatic heterocycles. The molecule has 5 heteroatoms. The fraction of sp³-hybridized carbons (Fsp3) is 0.250. The van der Waals surface area contributed by atoms with E-state index in [4.69, 9.17) is 16.4 Å². The third-order valence-electron chi connectivity index (χ3n) is 1.33. The largest absolute Gasteiger partial charge is 0.303 e. The van der Waals surface area contributed by atoms with E-state index < -0.39 is 0 Å². The van der Waals surface area contributed by atoms with Gasteiger partial charge in [-0.3, -0.25) is 10.3 Å². The van der Waals surface area contributed by atoms with Crippen LogP contribution in [-0.2, 0) is 9.68 Å². The first-order chi connectivity index (χ1) is 6.34. The van der Waals surface area contributed by atoms with E-state index in [2.05, 4.69) is 15.8 Å². The zero-order valence-electron chi connectivity index (χ0n) is 7.21. The molecule has 0 aliphatic carbocycles. The molecule has 0 saturated carbocycles. The molecule has 0 heterocycles. The minimum Gasteiger partial charge on any atom is -0.303 e. The van der Waals surface area contributed by atoms with Gasteiger partial charge >= 0.3 is 0 Å². The lowest BCUT2D eigenvalue weighted by Gasteiger charge is -2.07. The van der Waals surface area contributed by atoms with Crippen molar-refractivity contribution < 1.29 is 9.68 Å². The fourth-order valence-corrected chi connectivity index (χ4v) is 0.921.